The molecule has 0 aliphatic rings. The van der Waals surface area contributed by atoms with Crippen LogP contribution >= 0.6 is 0 Å². The van der Waals surface area contributed by atoms with Crippen molar-refractivity contribution in [3.63, 3.8) is 0 Å². The van der Waals surface area contributed by atoms with Crippen LogP contribution in [0.1, 0.15) is 21.5 Å². The van der Waals surface area contributed by atoms with Crippen LogP contribution in [0.2, 0.25) is 0 Å². The maximum absolute atomic E-state index is 12.2. The summed E-state index contributed by atoms with van der Waals surface area (Å²) in [4.78, 5) is 24.3. The molecule has 1 N–H and O–H groups in total. The third-order valence-electron chi connectivity index (χ3n) is 4.19. The van der Waals surface area contributed by atoms with Gasteiger partial charge >= 0.3 is 5.97 Å². The minimum atomic E-state index is -0.560. The molecule has 142 valence electrons. The molecular formula is C23H21NO4. The van der Waals surface area contributed by atoms with Crippen LogP contribution in [0.25, 0.3) is 0 Å². The molecule has 0 radical (unpaired) electrons. The van der Waals surface area contributed by atoms with Crippen LogP contribution in [0.5, 0.6) is 5.75 Å². The molecule has 5 nitrogen and oxygen atoms in total. The van der Waals surface area contributed by atoms with Crippen LogP contribution in [-0.2, 0) is 16.0 Å². The molecule has 28 heavy (non-hydrogen) atoms. The third-order valence-corrected chi connectivity index (χ3v) is 4.19. The van der Waals surface area contributed by atoms with E-state index in [4.69, 9.17) is 9.47 Å². The van der Waals surface area contributed by atoms with E-state index < -0.39 is 5.97 Å². The maximum atomic E-state index is 12.2. The van der Waals surface area contributed by atoms with Gasteiger partial charge in [-0.3, -0.25) is 4.79 Å². The van der Waals surface area contributed by atoms with E-state index in [1.54, 1.807) is 31.4 Å². The Labute approximate surface area is 163 Å². The summed E-state index contributed by atoms with van der Waals surface area (Å²) in [7, 11) is 1.55. The first-order valence-electron chi connectivity index (χ1n) is 8.88. The summed E-state index contributed by atoms with van der Waals surface area (Å²) in [6.45, 7) is -0.357. The molecule has 0 bridgehead atoms. The number of anilines is 1. The zero-order valence-corrected chi connectivity index (χ0v) is 15.6. The molecule has 0 spiro atoms. The number of carbonyl (C=O) groups is 2. The number of methoxy groups -OCH3 is 1. The number of hydrogen-bond donors (Lipinski definition) is 1. The van der Waals surface area contributed by atoms with Crippen molar-refractivity contribution in [1.82, 2.24) is 0 Å². The van der Waals surface area contributed by atoms with E-state index in [1.807, 2.05) is 54.6 Å². The molecule has 5 heteroatoms. The number of para-hydroxylation sites is 1. The summed E-state index contributed by atoms with van der Waals surface area (Å²) >= 11 is 0. The Morgan fingerprint density at radius 1 is 0.857 bits per heavy atom. The fourth-order valence-electron chi connectivity index (χ4n) is 2.74. The highest BCUT2D eigenvalue weighted by Crippen LogP contribution is 2.19. The molecule has 0 saturated heterocycles. The van der Waals surface area contributed by atoms with Crippen LogP contribution in [0, 0.1) is 0 Å². The Balaban J connectivity index is 1.58. The number of nitrogens with one attached hydrogen (secondary N) is 1. The summed E-state index contributed by atoms with van der Waals surface area (Å²) < 4.78 is 10.2. The van der Waals surface area contributed by atoms with Crippen LogP contribution in [0.15, 0.2) is 78.9 Å². The van der Waals surface area contributed by atoms with Crippen molar-refractivity contribution >= 4 is 17.6 Å². The average molecular weight is 375 g/mol. The van der Waals surface area contributed by atoms with Gasteiger partial charge in [-0.05, 0) is 47.9 Å². The number of hydrogen-bond acceptors (Lipinski definition) is 4. The number of esters is 1. The minimum absolute atomic E-state index is 0.357. The predicted octanol–water partition coefficient (Wildman–Crippen LogP) is 4.08. The van der Waals surface area contributed by atoms with E-state index in [9.17, 15) is 9.59 Å². The normalized spacial score (nSPS) is 10.2. The van der Waals surface area contributed by atoms with Gasteiger partial charge in [0.2, 0.25) is 0 Å². The molecule has 0 aromatic heterocycles. The third kappa shape index (κ3) is 5.20. The van der Waals surface area contributed by atoms with Crippen molar-refractivity contribution in [2.75, 3.05) is 19.0 Å². The SMILES string of the molecule is COc1ccc(C(=O)OCC(=O)Nc2ccccc2Cc2ccccc2)cc1. The van der Waals surface area contributed by atoms with Crippen molar-refractivity contribution in [2.45, 2.75) is 6.42 Å². The Hall–Kier alpha value is -3.60. The number of carbonyl (C=O) groups excluding carboxylic acids is 2. The zero-order valence-electron chi connectivity index (χ0n) is 15.6. The first kappa shape index (κ1) is 19.2. The van der Waals surface area contributed by atoms with Crippen LogP contribution in [0.3, 0.4) is 0 Å². The molecule has 0 aliphatic heterocycles. The topological polar surface area (TPSA) is 64.6 Å². The van der Waals surface area contributed by atoms with Crippen molar-refractivity contribution < 1.29 is 19.1 Å². The maximum Gasteiger partial charge on any atom is 0.338 e. The summed E-state index contributed by atoms with van der Waals surface area (Å²) in [5.74, 6) is -0.304. The first-order chi connectivity index (χ1) is 13.7. The zero-order chi connectivity index (χ0) is 19.8. The van der Waals surface area contributed by atoms with E-state index in [0.29, 0.717) is 23.4 Å². The van der Waals surface area contributed by atoms with Gasteiger partial charge < -0.3 is 14.8 Å². The standard InChI is InChI=1S/C23H21NO4/c1-27-20-13-11-18(12-14-20)23(26)28-16-22(25)24-21-10-6-5-9-19(21)15-17-7-3-2-4-8-17/h2-14H,15-16H2,1H3,(H,24,25). The fourth-order valence-corrected chi connectivity index (χ4v) is 2.74. The lowest BCUT2D eigenvalue weighted by Crippen LogP contribution is -2.21. The smallest absolute Gasteiger partial charge is 0.338 e. The minimum Gasteiger partial charge on any atom is -0.497 e. The number of amides is 1. The fraction of sp³-hybridized carbons (Fsp3) is 0.130. The Morgan fingerprint density at radius 2 is 1.54 bits per heavy atom. The lowest BCUT2D eigenvalue weighted by Gasteiger charge is -2.11. The van der Waals surface area contributed by atoms with Crippen LogP contribution in [0.4, 0.5) is 5.69 Å². The quantitative estimate of drug-likeness (QED) is 0.632. The van der Waals surface area contributed by atoms with Crippen molar-refractivity contribution in [3.8, 4) is 5.75 Å². The number of rotatable bonds is 7. The van der Waals surface area contributed by atoms with Gasteiger partial charge in [-0.25, -0.2) is 4.79 Å². The van der Waals surface area contributed by atoms with Gasteiger partial charge in [0.25, 0.3) is 5.91 Å². The molecule has 3 aromatic carbocycles. The second-order valence-corrected chi connectivity index (χ2v) is 6.17. The highest BCUT2D eigenvalue weighted by Gasteiger charge is 2.12. The van der Waals surface area contributed by atoms with Gasteiger partial charge in [0.05, 0.1) is 12.7 Å². The van der Waals surface area contributed by atoms with E-state index in [1.165, 1.54) is 0 Å². The second-order valence-electron chi connectivity index (χ2n) is 6.17. The van der Waals surface area contributed by atoms with Gasteiger partial charge in [-0.15, -0.1) is 0 Å². The van der Waals surface area contributed by atoms with Crippen LogP contribution in [-0.4, -0.2) is 25.6 Å². The summed E-state index contributed by atoms with van der Waals surface area (Å²) in [5.41, 5.74) is 3.20. The largest absolute Gasteiger partial charge is 0.497 e. The Bertz CT molecular complexity index is 936. The van der Waals surface area contributed by atoms with E-state index >= 15 is 0 Å². The van der Waals surface area contributed by atoms with Crippen molar-refractivity contribution in [2.24, 2.45) is 0 Å². The molecule has 0 saturated carbocycles. The van der Waals surface area contributed by atoms with Gasteiger partial charge in [0.15, 0.2) is 6.61 Å². The van der Waals surface area contributed by atoms with Crippen molar-refractivity contribution in [3.05, 3.63) is 95.6 Å². The molecule has 0 atom stereocenters. The van der Waals surface area contributed by atoms with Gasteiger partial charge in [0.1, 0.15) is 5.75 Å². The molecule has 1 amide bonds. The Morgan fingerprint density at radius 3 is 2.25 bits per heavy atom. The van der Waals surface area contributed by atoms with Crippen molar-refractivity contribution in [1.29, 1.82) is 0 Å². The molecule has 3 aromatic rings. The highest BCUT2D eigenvalue weighted by atomic mass is 16.5. The monoisotopic (exact) mass is 375 g/mol. The lowest BCUT2D eigenvalue weighted by atomic mass is 10.0. The first-order valence-corrected chi connectivity index (χ1v) is 8.88. The molecular weight excluding hydrogens is 354 g/mol. The van der Waals surface area contributed by atoms with E-state index in [2.05, 4.69) is 5.32 Å². The lowest BCUT2D eigenvalue weighted by molar-refractivity contribution is -0.119. The molecule has 0 heterocycles. The van der Waals surface area contributed by atoms with E-state index in [0.717, 1.165) is 11.1 Å². The predicted molar refractivity (Wildman–Crippen MR) is 108 cm³/mol. The molecule has 0 unspecified atom stereocenters. The van der Waals surface area contributed by atoms with Gasteiger partial charge in [-0.1, -0.05) is 48.5 Å². The summed E-state index contributed by atoms with van der Waals surface area (Å²) in [5, 5.41) is 2.82. The van der Waals surface area contributed by atoms with Crippen LogP contribution < -0.4 is 10.1 Å². The van der Waals surface area contributed by atoms with Gasteiger partial charge in [0, 0.05) is 5.69 Å². The highest BCUT2D eigenvalue weighted by molar-refractivity contribution is 5.96. The average Bonchev–Trinajstić information content (AvgIpc) is 2.74. The second kappa shape index (κ2) is 9.37. The summed E-state index contributed by atoms with van der Waals surface area (Å²) in [6.07, 6.45) is 0.697. The number of ether oxygens (including phenoxy) is 2. The van der Waals surface area contributed by atoms with Gasteiger partial charge in [-0.2, -0.15) is 0 Å². The molecule has 0 fully saturated rings. The Kier molecular flexibility index (Phi) is 6.41. The molecule has 0 aliphatic carbocycles. The summed E-state index contributed by atoms with van der Waals surface area (Å²) in [6, 6.07) is 24.1. The van der Waals surface area contributed by atoms with E-state index in [-0.39, 0.29) is 12.5 Å². The number of benzene rings is 3. The molecule has 3 rings (SSSR count).